The summed E-state index contributed by atoms with van der Waals surface area (Å²) in [6.07, 6.45) is 0. The van der Waals surface area contributed by atoms with Gasteiger partial charge in [-0.2, -0.15) is 0 Å². The van der Waals surface area contributed by atoms with E-state index in [4.69, 9.17) is 0 Å². The van der Waals surface area contributed by atoms with Gasteiger partial charge in [0.2, 0.25) is 0 Å². The van der Waals surface area contributed by atoms with Crippen molar-refractivity contribution in [3.63, 3.8) is 0 Å². The molecule has 0 saturated carbocycles. The van der Waals surface area contributed by atoms with Crippen LogP contribution < -0.4 is 10.6 Å². The third-order valence-corrected chi connectivity index (χ3v) is 3.30. The van der Waals surface area contributed by atoms with Gasteiger partial charge in [0.1, 0.15) is 0 Å². The summed E-state index contributed by atoms with van der Waals surface area (Å²) in [5.41, 5.74) is 5.34. The smallest absolute Gasteiger partial charge is 0.0206 e. The minimum Gasteiger partial charge on any atom is -0.311 e. The summed E-state index contributed by atoms with van der Waals surface area (Å²) in [4.78, 5) is 0. The highest BCUT2D eigenvalue weighted by Gasteiger charge is 1.94. The Bertz CT molecular complexity index is 485. The SMILES string of the molecule is Cc1cccc(CNCCNCc2cccc(C)c2)c1. The van der Waals surface area contributed by atoms with Gasteiger partial charge in [0.25, 0.3) is 0 Å². The molecule has 0 radical (unpaired) electrons. The maximum Gasteiger partial charge on any atom is 0.0206 e. The van der Waals surface area contributed by atoms with Crippen LogP contribution in [0.1, 0.15) is 22.3 Å². The number of nitrogens with one attached hydrogen (secondary N) is 2. The minimum absolute atomic E-state index is 0.938. The molecule has 2 N–H and O–H groups in total. The first-order chi connectivity index (χ1) is 9.74. The Morgan fingerprint density at radius 3 is 1.55 bits per heavy atom. The van der Waals surface area contributed by atoms with Gasteiger partial charge in [-0.15, -0.1) is 0 Å². The van der Waals surface area contributed by atoms with Crippen molar-refractivity contribution in [2.75, 3.05) is 13.1 Å². The molecule has 0 fully saturated rings. The largest absolute Gasteiger partial charge is 0.311 e. The van der Waals surface area contributed by atoms with Crippen molar-refractivity contribution in [3.8, 4) is 0 Å². The van der Waals surface area contributed by atoms with Crippen LogP contribution >= 0.6 is 0 Å². The lowest BCUT2D eigenvalue weighted by molar-refractivity contribution is 0.611. The number of hydrogen-bond donors (Lipinski definition) is 2. The highest BCUT2D eigenvalue weighted by Crippen LogP contribution is 2.03. The van der Waals surface area contributed by atoms with Crippen molar-refractivity contribution >= 4 is 0 Å². The Morgan fingerprint density at radius 1 is 0.700 bits per heavy atom. The third-order valence-electron chi connectivity index (χ3n) is 3.30. The van der Waals surface area contributed by atoms with Gasteiger partial charge in [-0.25, -0.2) is 0 Å². The van der Waals surface area contributed by atoms with Gasteiger partial charge in [-0.05, 0) is 25.0 Å². The minimum atomic E-state index is 0.938. The van der Waals surface area contributed by atoms with Crippen molar-refractivity contribution in [1.82, 2.24) is 10.6 Å². The fraction of sp³-hybridized carbons (Fsp3) is 0.333. The molecule has 0 unspecified atom stereocenters. The van der Waals surface area contributed by atoms with Crippen molar-refractivity contribution in [2.45, 2.75) is 26.9 Å². The number of aryl methyl sites for hydroxylation is 2. The molecule has 0 saturated heterocycles. The van der Waals surface area contributed by atoms with Gasteiger partial charge in [0.05, 0.1) is 0 Å². The lowest BCUT2D eigenvalue weighted by Crippen LogP contribution is -2.26. The maximum absolute atomic E-state index is 3.46. The molecule has 2 rings (SSSR count). The molecule has 0 bridgehead atoms. The van der Waals surface area contributed by atoms with E-state index in [1.807, 2.05) is 0 Å². The van der Waals surface area contributed by atoms with E-state index in [-0.39, 0.29) is 0 Å². The zero-order chi connectivity index (χ0) is 14.2. The Kier molecular flexibility index (Phi) is 5.78. The second-order valence-electron chi connectivity index (χ2n) is 5.33. The first-order valence-corrected chi connectivity index (χ1v) is 7.26. The van der Waals surface area contributed by atoms with Gasteiger partial charge in [-0.1, -0.05) is 59.7 Å². The summed E-state index contributed by atoms with van der Waals surface area (Å²) in [6, 6.07) is 17.3. The normalized spacial score (nSPS) is 10.7. The van der Waals surface area contributed by atoms with Crippen molar-refractivity contribution in [2.24, 2.45) is 0 Å². The van der Waals surface area contributed by atoms with E-state index < -0.39 is 0 Å². The van der Waals surface area contributed by atoms with Crippen molar-refractivity contribution < 1.29 is 0 Å². The van der Waals surface area contributed by atoms with Gasteiger partial charge in [0.15, 0.2) is 0 Å². The van der Waals surface area contributed by atoms with E-state index in [0.29, 0.717) is 0 Å². The molecular formula is C18H24N2. The molecule has 2 aromatic carbocycles. The van der Waals surface area contributed by atoms with Crippen LogP contribution in [0.15, 0.2) is 48.5 Å². The zero-order valence-corrected chi connectivity index (χ0v) is 12.4. The quantitative estimate of drug-likeness (QED) is 0.754. The van der Waals surface area contributed by atoms with Crippen LogP contribution in [0.5, 0.6) is 0 Å². The Hall–Kier alpha value is -1.64. The summed E-state index contributed by atoms with van der Waals surface area (Å²) in [5, 5.41) is 6.93. The van der Waals surface area contributed by atoms with Crippen molar-refractivity contribution in [1.29, 1.82) is 0 Å². The number of benzene rings is 2. The summed E-state index contributed by atoms with van der Waals surface area (Å²) in [6.45, 7) is 8.11. The van der Waals surface area contributed by atoms with Crippen LogP contribution in [0.25, 0.3) is 0 Å². The molecule has 106 valence electrons. The van der Waals surface area contributed by atoms with Crippen LogP contribution in [-0.4, -0.2) is 13.1 Å². The van der Waals surface area contributed by atoms with Crippen LogP contribution in [0.2, 0.25) is 0 Å². The number of rotatable bonds is 7. The van der Waals surface area contributed by atoms with Gasteiger partial charge in [0, 0.05) is 26.2 Å². The van der Waals surface area contributed by atoms with Crippen LogP contribution in [-0.2, 0) is 13.1 Å². The number of hydrogen-bond acceptors (Lipinski definition) is 2. The summed E-state index contributed by atoms with van der Waals surface area (Å²) in [7, 11) is 0. The van der Waals surface area contributed by atoms with E-state index in [1.54, 1.807) is 0 Å². The van der Waals surface area contributed by atoms with E-state index in [0.717, 1.165) is 26.2 Å². The zero-order valence-electron chi connectivity index (χ0n) is 12.4. The molecule has 0 amide bonds. The predicted molar refractivity (Wildman–Crippen MR) is 85.8 cm³/mol. The lowest BCUT2D eigenvalue weighted by atomic mass is 10.1. The van der Waals surface area contributed by atoms with Gasteiger partial charge in [-0.3, -0.25) is 0 Å². The first kappa shape index (κ1) is 14.8. The molecule has 0 spiro atoms. The van der Waals surface area contributed by atoms with E-state index >= 15 is 0 Å². The van der Waals surface area contributed by atoms with Gasteiger partial charge >= 0.3 is 0 Å². The fourth-order valence-electron chi connectivity index (χ4n) is 2.29. The standard InChI is InChI=1S/C18H24N2/c1-15-5-3-7-17(11-15)13-19-9-10-20-14-18-8-4-6-16(2)12-18/h3-8,11-12,19-20H,9-10,13-14H2,1-2H3. The Morgan fingerprint density at radius 2 is 1.15 bits per heavy atom. The molecule has 0 heterocycles. The summed E-state index contributed by atoms with van der Waals surface area (Å²) >= 11 is 0. The Balaban J connectivity index is 1.60. The molecule has 0 aromatic heterocycles. The Labute approximate surface area is 122 Å². The molecular weight excluding hydrogens is 244 g/mol. The molecule has 0 aliphatic carbocycles. The van der Waals surface area contributed by atoms with Crippen LogP contribution in [0, 0.1) is 13.8 Å². The fourth-order valence-corrected chi connectivity index (χ4v) is 2.29. The highest BCUT2D eigenvalue weighted by atomic mass is 14.9. The third kappa shape index (κ3) is 5.16. The van der Waals surface area contributed by atoms with Crippen LogP contribution in [0.3, 0.4) is 0 Å². The van der Waals surface area contributed by atoms with Gasteiger partial charge < -0.3 is 10.6 Å². The monoisotopic (exact) mass is 268 g/mol. The highest BCUT2D eigenvalue weighted by molar-refractivity contribution is 5.22. The van der Waals surface area contributed by atoms with Crippen molar-refractivity contribution in [3.05, 3.63) is 70.8 Å². The lowest BCUT2D eigenvalue weighted by Gasteiger charge is -2.08. The predicted octanol–water partition coefficient (Wildman–Crippen LogP) is 3.18. The van der Waals surface area contributed by atoms with Crippen LogP contribution in [0.4, 0.5) is 0 Å². The summed E-state index contributed by atoms with van der Waals surface area (Å²) < 4.78 is 0. The molecule has 20 heavy (non-hydrogen) atoms. The average Bonchev–Trinajstić information content (AvgIpc) is 2.43. The first-order valence-electron chi connectivity index (χ1n) is 7.26. The molecule has 2 aromatic rings. The molecule has 2 nitrogen and oxygen atoms in total. The maximum atomic E-state index is 3.46. The molecule has 0 aliphatic rings. The second-order valence-corrected chi connectivity index (χ2v) is 5.33. The van der Waals surface area contributed by atoms with E-state index in [9.17, 15) is 0 Å². The average molecular weight is 268 g/mol. The van der Waals surface area contributed by atoms with E-state index in [2.05, 4.69) is 73.0 Å². The summed E-state index contributed by atoms with van der Waals surface area (Å²) in [5.74, 6) is 0. The van der Waals surface area contributed by atoms with E-state index in [1.165, 1.54) is 22.3 Å². The molecule has 0 atom stereocenters. The second kappa shape index (κ2) is 7.83. The molecule has 2 heteroatoms. The molecule has 0 aliphatic heterocycles. The topological polar surface area (TPSA) is 24.1 Å².